The van der Waals surface area contributed by atoms with E-state index >= 15 is 0 Å². The van der Waals surface area contributed by atoms with Gasteiger partial charge < -0.3 is 10.5 Å². The summed E-state index contributed by atoms with van der Waals surface area (Å²) in [6, 6.07) is 5.22. The lowest BCUT2D eigenvalue weighted by Gasteiger charge is -2.14. The molecule has 0 bridgehead atoms. The highest BCUT2D eigenvalue weighted by Crippen LogP contribution is 2.23. The van der Waals surface area contributed by atoms with Crippen LogP contribution in [0.15, 0.2) is 22.7 Å². The van der Waals surface area contributed by atoms with Crippen molar-refractivity contribution in [3.63, 3.8) is 0 Å². The molecule has 2 N–H and O–H groups in total. The maximum absolute atomic E-state index is 12.0. The van der Waals surface area contributed by atoms with Crippen molar-refractivity contribution < 1.29 is 9.53 Å². The monoisotopic (exact) mass is 313 g/mol. The molecule has 1 aromatic rings. The van der Waals surface area contributed by atoms with Gasteiger partial charge in [0.1, 0.15) is 5.75 Å². The zero-order valence-corrected chi connectivity index (χ0v) is 12.7. The summed E-state index contributed by atoms with van der Waals surface area (Å²) < 4.78 is 6.06. The van der Waals surface area contributed by atoms with Crippen molar-refractivity contribution in [1.29, 1.82) is 0 Å². The smallest absolute Gasteiger partial charge is 0.153 e. The first-order chi connectivity index (χ1) is 8.43. The van der Waals surface area contributed by atoms with E-state index in [1.165, 1.54) is 0 Å². The van der Waals surface area contributed by atoms with Gasteiger partial charge in [-0.2, -0.15) is 0 Å². The second kappa shape index (κ2) is 6.90. The van der Waals surface area contributed by atoms with Crippen molar-refractivity contribution in [2.24, 2.45) is 11.7 Å². The van der Waals surface area contributed by atoms with Crippen LogP contribution >= 0.6 is 15.9 Å². The number of hydrogen-bond acceptors (Lipinski definition) is 3. The van der Waals surface area contributed by atoms with Crippen LogP contribution in [0.5, 0.6) is 5.75 Å². The molecule has 1 aromatic carbocycles. The van der Waals surface area contributed by atoms with Gasteiger partial charge >= 0.3 is 0 Å². The number of carbonyl (C=O) groups is 1. The lowest BCUT2D eigenvalue weighted by Crippen LogP contribution is -2.33. The van der Waals surface area contributed by atoms with Crippen molar-refractivity contribution in [3.8, 4) is 5.75 Å². The molecule has 1 unspecified atom stereocenters. The quantitative estimate of drug-likeness (QED) is 0.878. The molecule has 0 heterocycles. The highest BCUT2D eigenvalue weighted by Gasteiger charge is 2.16. The maximum Gasteiger partial charge on any atom is 0.153 e. The third-order valence-electron chi connectivity index (χ3n) is 2.76. The zero-order valence-electron chi connectivity index (χ0n) is 11.1. The Bertz CT molecular complexity index is 418. The van der Waals surface area contributed by atoms with Gasteiger partial charge in [0.2, 0.25) is 0 Å². The van der Waals surface area contributed by atoms with Gasteiger partial charge in [-0.05, 0) is 36.1 Å². The minimum atomic E-state index is -0.386. The largest absolute Gasteiger partial charge is 0.497 e. The van der Waals surface area contributed by atoms with Gasteiger partial charge in [-0.1, -0.05) is 29.8 Å². The lowest BCUT2D eigenvalue weighted by atomic mass is 9.97. The Morgan fingerprint density at radius 1 is 1.44 bits per heavy atom. The SMILES string of the molecule is COc1ccc(Br)c(CC(=O)C(N)CC(C)C)c1. The molecule has 0 saturated heterocycles. The van der Waals surface area contributed by atoms with Crippen LogP contribution in [0.4, 0.5) is 0 Å². The number of nitrogens with two attached hydrogens (primary N) is 1. The number of Topliss-reactive ketones (excluding diaryl/α,β-unsaturated/α-hetero) is 1. The molecular weight excluding hydrogens is 294 g/mol. The van der Waals surface area contributed by atoms with Crippen LogP contribution in [0.3, 0.4) is 0 Å². The lowest BCUT2D eigenvalue weighted by molar-refractivity contribution is -0.120. The fourth-order valence-corrected chi connectivity index (χ4v) is 2.16. The van der Waals surface area contributed by atoms with E-state index in [1.54, 1.807) is 7.11 Å². The summed E-state index contributed by atoms with van der Waals surface area (Å²) in [6.45, 7) is 4.13. The maximum atomic E-state index is 12.0. The van der Waals surface area contributed by atoms with Crippen molar-refractivity contribution in [2.75, 3.05) is 7.11 Å². The van der Waals surface area contributed by atoms with E-state index in [0.717, 1.165) is 22.2 Å². The summed E-state index contributed by atoms with van der Waals surface area (Å²) in [7, 11) is 1.61. The topological polar surface area (TPSA) is 52.3 Å². The predicted octanol–water partition coefficient (Wildman–Crippen LogP) is 2.94. The van der Waals surface area contributed by atoms with Crippen LogP contribution in [-0.4, -0.2) is 18.9 Å². The number of halogens is 1. The van der Waals surface area contributed by atoms with Crippen molar-refractivity contribution in [3.05, 3.63) is 28.2 Å². The number of methoxy groups -OCH3 is 1. The van der Waals surface area contributed by atoms with Crippen LogP contribution in [0.1, 0.15) is 25.8 Å². The van der Waals surface area contributed by atoms with Gasteiger partial charge in [-0.3, -0.25) is 4.79 Å². The third-order valence-corrected chi connectivity index (χ3v) is 3.53. The molecule has 0 spiro atoms. The number of ketones is 1. The predicted molar refractivity (Wildman–Crippen MR) is 76.8 cm³/mol. The van der Waals surface area contributed by atoms with Crippen molar-refractivity contribution in [2.45, 2.75) is 32.7 Å². The Labute approximate surface area is 117 Å². The third kappa shape index (κ3) is 4.42. The van der Waals surface area contributed by atoms with E-state index < -0.39 is 0 Å². The van der Waals surface area contributed by atoms with Gasteiger partial charge in [0.25, 0.3) is 0 Å². The van der Waals surface area contributed by atoms with Gasteiger partial charge in [-0.15, -0.1) is 0 Å². The zero-order chi connectivity index (χ0) is 13.7. The molecule has 3 nitrogen and oxygen atoms in total. The van der Waals surface area contributed by atoms with Crippen LogP contribution < -0.4 is 10.5 Å². The summed E-state index contributed by atoms with van der Waals surface area (Å²) in [6.07, 6.45) is 1.06. The number of ether oxygens (including phenoxy) is 1. The number of benzene rings is 1. The molecule has 1 rings (SSSR count). The Hall–Kier alpha value is -0.870. The molecule has 0 fully saturated rings. The normalized spacial score (nSPS) is 12.6. The molecular formula is C14H20BrNO2. The Balaban J connectivity index is 2.74. The fourth-order valence-electron chi connectivity index (χ4n) is 1.77. The van der Waals surface area contributed by atoms with Crippen LogP contribution in [-0.2, 0) is 11.2 Å². The number of carbonyl (C=O) groups excluding carboxylic acids is 1. The number of rotatable bonds is 6. The molecule has 1 atom stereocenters. The molecule has 0 saturated carbocycles. The molecule has 0 aliphatic carbocycles. The van der Waals surface area contributed by atoms with E-state index in [2.05, 4.69) is 29.8 Å². The minimum absolute atomic E-state index is 0.0673. The van der Waals surface area contributed by atoms with Crippen LogP contribution in [0, 0.1) is 5.92 Å². The van der Waals surface area contributed by atoms with Gasteiger partial charge in [-0.25, -0.2) is 0 Å². The first-order valence-electron chi connectivity index (χ1n) is 6.04. The molecule has 0 aromatic heterocycles. The van der Waals surface area contributed by atoms with E-state index in [-0.39, 0.29) is 11.8 Å². The summed E-state index contributed by atoms with van der Waals surface area (Å²) >= 11 is 3.44. The summed E-state index contributed by atoms with van der Waals surface area (Å²) in [5, 5.41) is 0. The summed E-state index contributed by atoms with van der Waals surface area (Å²) in [4.78, 5) is 12.0. The van der Waals surface area contributed by atoms with Gasteiger partial charge in [0, 0.05) is 10.9 Å². The molecule has 100 valence electrons. The van der Waals surface area contributed by atoms with Crippen molar-refractivity contribution in [1.82, 2.24) is 0 Å². The molecule has 0 aliphatic heterocycles. The second-order valence-electron chi connectivity index (χ2n) is 4.84. The van der Waals surface area contributed by atoms with Crippen LogP contribution in [0.2, 0.25) is 0 Å². The second-order valence-corrected chi connectivity index (χ2v) is 5.69. The summed E-state index contributed by atoms with van der Waals surface area (Å²) in [5.74, 6) is 1.24. The minimum Gasteiger partial charge on any atom is -0.497 e. The van der Waals surface area contributed by atoms with Gasteiger partial charge in [0.15, 0.2) is 5.78 Å². The highest BCUT2D eigenvalue weighted by molar-refractivity contribution is 9.10. The Kier molecular flexibility index (Phi) is 5.82. The molecule has 4 heteroatoms. The van der Waals surface area contributed by atoms with E-state index in [4.69, 9.17) is 10.5 Å². The summed E-state index contributed by atoms with van der Waals surface area (Å²) in [5.41, 5.74) is 6.81. The Morgan fingerprint density at radius 2 is 2.11 bits per heavy atom. The molecule has 0 amide bonds. The molecule has 18 heavy (non-hydrogen) atoms. The molecule has 0 radical (unpaired) electrons. The van der Waals surface area contributed by atoms with Crippen LogP contribution in [0.25, 0.3) is 0 Å². The average molecular weight is 314 g/mol. The highest BCUT2D eigenvalue weighted by atomic mass is 79.9. The fraction of sp³-hybridized carbons (Fsp3) is 0.500. The van der Waals surface area contributed by atoms with E-state index in [0.29, 0.717) is 12.3 Å². The van der Waals surface area contributed by atoms with Crippen molar-refractivity contribution >= 4 is 21.7 Å². The average Bonchev–Trinajstić information content (AvgIpc) is 2.31. The first kappa shape index (κ1) is 15.2. The number of hydrogen-bond donors (Lipinski definition) is 1. The standard InChI is InChI=1S/C14H20BrNO2/c1-9(2)6-13(16)14(17)8-10-7-11(18-3)4-5-12(10)15/h4-5,7,9,13H,6,8,16H2,1-3H3. The first-order valence-corrected chi connectivity index (χ1v) is 6.84. The Morgan fingerprint density at radius 3 is 2.67 bits per heavy atom. The molecule has 0 aliphatic rings. The van der Waals surface area contributed by atoms with E-state index in [1.807, 2.05) is 18.2 Å². The van der Waals surface area contributed by atoms with Gasteiger partial charge in [0.05, 0.1) is 13.2 Å². The van der Waals surface area contributed by atoms with E-state index in [9.17, 15) is 4.79 Å².